The molecule has 0 bridgehead atoms. The molecule has 1 rings (SSSR count). The van der Waals surface area contributed by atoms with Crippen LogP contribution in [-0.4, -0.2) is 26.0 Å². The maximum Gasteiger partial charge on any atom is 0.153 e. The molecule has 1 N–H and O–H groups in total. The molecule has 1 aromatic rings. The van der Waals surface area contributed by atoms with Gasteiger partial charge in [-0.3, -0.25) is 0 Å². The largest absolute Gasteiger partial charge is 0.468 e. The molecule has 0 aromatic carbocycles. The molecule has 0 saturated heterocycles. The Morgan fingerprint density at radius 1 is 1.38 bits per heavy atom. The van der Waals surface area contributed by atoms with E-state index in [4.69, 9.17) is 4.42 Å². The zero-order valence-electron chi connectivity index (χ0n) is 9.93. The van der Waals surface area contributed by atoms with Crippen molar-refractivity contribution < 1.29 is 12.8 Å². The van der Waals surface area contributed by atoms with E-state index >= 15 is 0 Å². The fourth-order valence-electron chi connectivity index (χ4n) is 1.29. The van der Waals surface area contributed by atoms with Crippen LogP contribution in [0.25, 0.3) is 0 Å². The summed E-state index contributed by atoms with van der Waals surface area (Å²) in [6.07, 6.45) is 1.61. The topological polar surface area (TPSA) is 59.3 Å². The Kier molecular flexibility index (Phi) is 4.56. The van der Waals surface area contributed by atoms with E-state index in [1.54, 1.807) is 20.1 Å². The lowest BCUT2D eigenvalue weighted by atomic mass is 10.2. The monoisotopic (exact) mass is 245 g/mol. The number of furan rings is 1. The molecular weight excluding hydrogens is 226 g/mol. The Balaban J connectivity index is 2.37. The van der Waals surface area contributed by atoms with Gasteiger partial charge in [-0.25, -0.2) is 8.42 Å². The summed E-state index contributed by atoms with van der Waals surface area (Å²) in [7, 11) is -2.96. The highest BCUT2D eigenvalue weighted by atomic mass is 32.2. The van der Waals surface area contributed by atoms with Crippen molar-refractivity contribution in [3.63, 3.8) is 0 Å². The normalized spacial score (nSPS) is 14.2. The van der Waals surface area contributed by atoms with Crippen LogP contribution in [0, 0.1) is 0 Å². The third-order valence-corrected chi connectivity index (χ3v) is 4.73. The van der Waals surface area contributed by atoms with Crippen molar-refractivity contribution in [2.24, 2.45) is 0 Å². The van der Waals surface area contributed by atoms with Crippen LogP contribution in [-0.2, 0) is 9.84 Å². The summed E-state index contributed by atoms with van der Waals surface area (Å²) in [6, 6.07) is 3.73. The van der Waals surface area contributed by atoms with Crippen LogP contribution < -0.4 is 5.32 Å². The quantitative estimate of drug-likeness (QED) is 0.829. The van der Waals surface area contributed by atoms with Crippen LogP contribution in [0.15, 0.2) is 22.8 Å². The van der Waals surface area contributed by atoms with Crippen molar-refractivity contribution in [3.8, 4) is 0 Å². The molecule has 0 amide bonds. The maximum absolute atomic E-state index is 11.5. The molecular formula is C11H19NO3S. The second-order valence-electron chi connectivity index (χ2n) is 4.11. The summed E-state index contributed by atoms with van der Waals surface area (Å²) in [4.78, 5) is 0. The predicted molar refractivity (Wildman–Crippen MR) is 64.0 cm³/mol. The van der Waals surface area contributed by atoms with Crippen LogP contribution in [0.3, 0.4) is 0 Å². The minimum absolute atomic E-state index is 0.0392. The molecule has 1 unspecified atom stereocenters. The maximum atomic E-state index is 11.5. The van der Waals surface area contributed by atoms with Crippen LogP contribution in [0.1, 0.15) is 32.6 Å². The molecule has 1 heterocycles. The first-order valence-electron chi connectivity index (χ1n) is 5.42. The SMILES string of the molecule is CC(NCCS(=O)(=O)C(C)C)c1ccco1. The van der Waals surface area contributed by atoms with Gasteiger partial charge in [0.15, 0.2) is 9.84 Å². The molecule has 0 aliphatic carbocycles. The predicted octanol–water partition coefficient (Wildman–Crippen LogP) is 1.75. The van der Waals surface area contributed by atoms with Gasteiger partial charge in [-0.05, 0) is 32.9 Å². The Labute approximate surface area is 97.0 Å². The van der Waals surface area contributed by atoms with E-state index in [-0.39, 0.29) is 17.0 Å². The number of hydrogen-bond donors (Lipinski definition) is 1. The summed E-state index contributed by atoms with van der Waals surface area (Å²) in [6.45, 7) is 5.79. The molecule has 0 aliphatic rings. The Morgan fingerprint density at radius 3 is 2.56 bits per heavy atom. The fraction of sp³-hybridized carbons (Fsp3) is 0.636. The first-order chi connectivity index (χ1) is 7.43. The number of sulfone groups is 1. The first-order valence-corrected chi connectivity index (χ1v) is 7.13. The molecule has 16 heavy (non-hydrogen) atoms. The van der Waals surface area contributed by atoms with Gasteiger partial charge in [0.25, 0.3) is 0 Å². The number of nitrogens with one attached hydrogen (secondary N) is 1. The average Bonchev–Trinajstić information content (AvgIpc) is 2.69. The average molecular weight is 245 g/mol. The molecule has 1 atom stereocenters. The van der Waals surface area contributed by atoms with Crippen LogP contribution in [0.4, 0.5) is 0 Å². The molecule has 0 spiro atoms. The lowest BCUT2D eigenvalue weighted by molar-refractivity contribution is 0.436. The van der Waals surface area contributed by atoms with Crippen LogP contribution in [0.5, 0.6) is 0 Å². The van der Waals surface area contributed by atoms with Gasteiger partial charge in [0, 0.05) is 6.54 Å². The fourth-order valence-corrected chi connectivity index (χ4v) is 2.17. The van der Waals surface area contributed by atoms with E-state index in [0.717, 1.165) is 5.76 Å². The van der Waals surface area contributed by atoms with E-state index in [0.29, 0.717) is 6.54 Å². The Morgan fingerprint density at radius 2 is 2.06 bits per heavy atom. The molecule has 5 heteroatoms. The molecule has 0 saturated carbocycles. The molecule has 0 aliphatic heterocycles. The van der Waals surface area contributed by atoms with Gasteiger partial charge in [0.2, 0.25) is 0 Å². The number of hydrogen-bond acceptors (Lipinski definition) is 4. The van der Waals surface area contributed by atoms with Gasteiger partial charge in [-0.1, -0.05) is 0 Å². The van der Waals surface area contributed by atoms with Crippen molar-refractivity contribution in [3.05, 3.63) is 24.2 Å². The van der Waals surface area contributed by atoms with Gasteiger partial charge < -0.3 is 9.73 Å². The highest BCUT2D eigenvalue weighted by molar-refractivity contribution is 7.92. The third kappa shape index (κ3) is 3.64. The summed E-state index contributed by atoms with van der Waals surface area (Å²) in [5.41, 5.74) is 0. The van der Waals surface area contributed by atoms with Crippen LogP contribution >= 0.6 is 0 Å². The lowest BCUT2D eigenvalue weighted by Crippen LogP contribution is -2.28. The van der Waals surface area contributed by atoms with Gasteiger partial charge >= 0.3 is 0 Å². The minimum atomic E-state index is -2.96. The molecule has 0 radical (unpaired) electrons. The van der Waals surface area contributed by atoms with Gasteiger partial charge in [-0.2, -0.15) is 0 Å². The molecule has 1 aromatic heterocycles. The molecule has 0 fully saturated rings. The Bertz CT molecular complexity index is 395. The lowest BCUT2D eigenvalue weighted by Gasteiger charge is -2.12. The van der Waals surface area contributed by atoms with Crippen molar-refractivity contribution in [2.75, 3.05) is 12.3 Å². The summed E-state index contributed by atoms with van der Waals surface area (Å²) in [5.74, 6) is 0.984. The van der Waals surface area contributed by atoms with E-state index in [1.807, 2.05) is 19.1 Å². The molecule has 4 nitrogen and oxygen atoms in total. The minimum Gasteiger partial charge on any atom is -0.468 e. The zero-order chi connectivity index (χ0) is 12.2. The summed E-state index contributed by atoms with van der Waals surface area (Å²) in [5, 5.41) is 2.81. The summed E-state index contributed by atoms with van der Waals surface area (Å²) >= 11 is 0. The third-order valence-electron chi connectivity index (χ3n) is 2.53. The van der Waals surface area contributed by atoms with Gasteiger partial charge in [0.05, 0.1) is 23.3 Å². The van der Waals surface area contributed by atoms with Crippen LogP contribution in [0.2, 0.25) is 0 Å². The zero-order valence-corrected chi connectivity index (χ0v) is 10.8. The standard InChI is InChI=1S/C11H19NO3S/c1-9(2)16(13,14)8-6-12-10(3)11-5-4-7-15-11/h4-5,7,9-10,12H,6,8H2,1-3H3. The highest BCUT2D eigenvalue weighted by Gasteiger charge is 2.16. The highest BCUT2D eigenvalue weighted by Crippen LogP contribution is 2.11. The molecule has 92 valence electrons. The van der Waals surface area contributed by atoms with Gasteiger partial charge in [0.1, 0.15) is 5.76 Å². The van der Waals surface area contributed by atoms with Crippen molar-refractivity contribution >= 4 is 9.84 Å². The van der Waals surface area contributed by atoms with E-state index < -0.39 is 9.84 Å². The van der Waals surface area contributed by atoms with Crippen molar-refractivity contribution in [1.29, 1.82) is 0 Å². The first kappa shape index (κ1) is 13.3. The van der Waals surface area contributed by atoms with E-state index in [1.165, 1.54) is 0 Å². The van der Waals surface area contributed by atoms with Crippen molar-refractivity contribution in [1.82, 2.24) is 5.32 Å². The Hall–Kier alpha value is -0.810. The van der Waals surface area contributed by atoms with Crippen molar-refractivity contribution in [2.45, 2.75) is 32.1 Å². The second kappa shape index (κ2) is 5.50. The second-order valence-corrected chi connectivity index (χ2v) is 6.78. The van der Waals surface area contributed by atoms with Gasteiger partial charge in [-0.15, -0.1) is 0 Å². The smallest absolute Gasteiger partial charge is 0.153 e. The number of rotatable bonds is 6. The summed E-state index contributed by atoms with van der Waals surface area (Å²) < 4.78 is 28.3. The van der Waals surface area contributed by atoms with E-state index in [9.17, 15) is 8.42 Å². The van der Waals surface area contributed by atoms with E-state index in [2.05, 4.69) is 5.32 Å².